The Labute approximate surface area is 150 Å². The minimum Gasteiger partial charge on any atom is -0.457 e. The van der Waals surface area contributed by atoms with Gasteiger partial charge < -0.3 is 19.4 Å². The zero-order valence-corrected chi connectivity index (χ0v) is 15.0. The molecule has 1 aromatic heterocycles. The van der Waals surface area contributed by atoms with Gasteiger partial charge in [0.05, 0.1) is 12.0 Å². The van der Waals surface area contributed by atoms with Crippen molar-refractivity contribution < 1.29 is 23.5 Å². The van der Waals surface area contributed by atoms with Gasteiger partial charge in [-0.15, -0.1) is 0 Å². The number of hydrogen-bond donors (Lipinski definition) is 1. The molecule has 2 heterocycles. The van der Waals surface area contributed by atoms with E-state index in [1.807, 2.05) is 0 Å². The van der Waals surface area contributed by atoms with Crippen molar-refractivity contribution in [1.29, 1.82) is 0 Å². The molecule has 1 aliphatic heterocycles. The van der Waals surface area contributed by atoms with Crippen LogP contribution < -0.4 is 10.2 Å². The van der Waals surface area contributed by atoms with E-state index in [1.165, 1.54) is 30.3 Å². The number of para-hydroxylation sites is 1. The van der Waals surface area contributed by atoms with E-state index in [9.17, 15) is 14.4 Å². The Morgan fingerprint density at radius 1 is 1.15 bits per heavy atom. The summed E-state index contributed by atoms with van der Waals surface area (Å²) in [5.41, 5.74) is -1.91. The fraction of sp³-hybridized carbons (Fsp3) is 0.316. The maximum absolute atomic E-state index is 13.1. The number of fused-ring (bicyclic) bond motifs is 1. The highest BCUT2D eigenvalue weighted by Crippen LogP contribution is 2.43. The average molecular weight is 356 g/mol. The lowest BCUT2D eigenvalue weighted by Gasteiger charge is -2.30. The maximum Gasteiger partial charge on any atom is 0.376 e. The molecule has 2 amide bonds. The summed E-state index contributed by atoms with van der Waals surface area (Å²) in [6.07, 6.45) is 1.31. The molecule has 0 fully saturated rings. The minimum absolute atomic E-state index is 0.0900. The largest absolute Gasteiger partial charge is 0.457 e. The molecule has 2 aromatic rings. The summed E-state index contributed by atoms with van der Waals surface area (Å²) in [6.45, 7) is 5.34. The van der Waals surface area contributed by atoms with Crippen molar-refractivity contribution in [2.75, 3.05) is 11.9 Å². The van der Waals surface area contributed by atoms with Gasteiger partial charge in [0.2, 0.25) is 5.76 Å². The van der Waals surface area contributed by atoms with E-state index in [0.29, 0.717) is 11.3 Å². The van der Waals surface area contributed by atoms with Crippen molar-refractivity contribution in [2.24, 2.45) is 0 Å². The fourth-order valence-corrected chi connectivity index (χ4v) is 2.90. The summed E-state index contributed by atoms with van der Waals surface area (Å²) in [5, 5.41) is 2.75. The zero-order chi connectivity index (χ0) is 19.1. The molecule has 1 aromatic carbocycles. The van der Waals surface area contributed by atoms with E-state index in [2.05, 4.69) is 5.32 Å². The summed E-state index contributed by atoms with van der Waals surface area (Å²) < 4.78 is 10.6. The molecule has 26 heavy (non-hydrogen) atoms. The molecular formula is C19H20N2O5. The predicted molar refractivity (Wildman–Crippen MR) is 93.5 cm³/mol. The molecular weight excluding hydrogens is 336 g/mol. The molecule has 0 spiro atoms. The third-order valence-corrected chi connectivity index (χ3v) is 4.03. The Hall–Kier alpha value is -3.09. The first kappa shape index (κ1) is 17.7. The van der Waals surface area contributed by atoms with Crippen molar-refractivity contribution in [3.8, 4) is 0 Å². The van der Waals surface area contributed by atoms with Crippen LogP contribution in [-0.2, 0) is 19.9 Å². The molecule has 0 bridgehead atoms. The number of nitrogens with zero attached hydrogens (tertiary/aromatic N) is 1. The van der Waals surface area contributed by atoms with Crippen LogP contribution in [0.25, 0.3) is 0 Å². The number of esters is 1. The molecule has 1 unspecified atom stereocenters. The molecule has 0 saturated heterocycles. The monoisotopic (exact) mass is 356 g/mol. The first-order valence-corrected chi connectivity index (χ1v) is 8.14. The van der Waals surface area contributed by atoms with Crippen LogP contribution in [0.3, 0.4) is 0 Å². The highest BCUT2D eigenvalue weighted by atomic mass is 16.6. The molecule has 1 atom stereocenters. The van der Waals surface area contributed by atoms with Gasteiger partial charge in [0, 0.05) is 18.2 Å². The van der Waals surface area contributed by atoms with E-state index in [4.69, 9.17) is 9.15 Å². The number of rotatable bonds is 3. The number of likely N-dealkylation sites (N-methyl/N-ethyl adjacent to an activating group) is 1. The van der Waals surface area contributed by atoms with Crippen molar-refractivity contribution in [3.05, 3.63) is 54.0 Å². The highest BCUT2D eigenvalue weighted by molar-refractivity contribution is 6.21. The second-order valence-corrected chi connectivity index (χ2v) is 7.13. The average Bonchev–Trinajstić information content (AvgIpc) is 3.17. The number of carbonyl (C=O) groups is 3. The van der Waals surface area contributed by atoms with Crippen LogP contribution in [0.4, 0.5) is 5.69 Å². The van der Waals surface area contributed by atoms with Gasteiger partial charge in [0.15, 0.2) is 0 Å². The highest BCUT2D eigenvalue weighted by Gasteiger charge is 2.59. The van der Waals surface area contributed by atoms with Gasteiger partial charge in [-0.25, -0.2) is 4.79 Å². The molecule has 1 N–H and O–H groups in total. The molecule has 7 heteroatoms. The lowest BCUT2D eigenvalue weighted by atomic mass is 9.92. The van der Waals surface area contributed by atoms with Gasteiger partial charge in [-0.1, -0.05) is 18.2 Å². The second-order valence-electron chi connectivity index (χ2n) is 7.13. The number of hydrogen-bond acceptors (Lipinski definition) is 5. The molecule has 0 radical (unpaired) electrons. The standard InChI is InChI=1S/C19H20N2O5/c1-18(2,3)20-16(23)19(26-15(22)14-10-7-11-25-14)12-8-5-6-9-13(12)21(4)17(19)24/h5-11H,1-4H3,(H,20,23). The summed E-state index contributed by atoms with van der Waals surface area (Å²) in [7, 11) is 1.54. The van der Waals surface area contributed by atoms with Gasteiger partial charge in [-0.3, -0.25) is 9.59 Å². The van der Waals surface area contributed by atoms with Gasteiger partial charge >= 0.3 is 5.97 Å². The van der Waals surface area contributed by atoms with Gasteiger partial charge in [0.25, 0.3) is 17.4 Å². The first-order chi connectivity index (χ1) is 12.2. The smallest absolute Gasteiger partial charge is 0.376 e. The molecule has 136 valence electrons. The van der Waals surface area contributed by atoms with E-state index >= 15 is 0 Å². The lowest BCUT2D eigenvalue weighted by Crippen LogP contribution is -2.57. The third kappa shape index (κ3) is 2.75. The Kier molecular flexibility index (Phi) is 4.10. The lowest BCUT2D eigenvalue weighted by molar-refractivity contribution is -0.154. The molecule has 0 aliphatic carbocycles. The normalized spacial score (nSPS) is 19.2. The second kappa shape index (κ2) is 6.01. The van der Waals surface area contributed by atoms with Crippen LogP contribution in [-0.4, -0.2) is 30.4 Å². The quantitative estimate of drug-likeness (QED) is 0.673. The van der Waals surface area contributed by atoms with Crippen LogP contribution >= 0.6 is 0 Å². The molecule has 0 saturated carbocycles. The number of furan rings is 1. The number of carbonyl (C=O) groups excluding carboxylic acids is 3. The van der Waals surface area contributed by atoms with Crippen molar-refractivity contribution in [1.82, 2.24) is 5.32 Å². The third-order valence-electron chi connectivity index (χ3n) is 4.03. The number of benzene rings is 1. The van der Waals surface area contributed by atoms with Crippen LogP contribution in [0.5, 0.6) is 0 Å². The van der Waals surface area contributed by atoms with Crippen molar-refractivity contribution in [2.45, 2.75) is 31.9 Å². The van der Waals surface area contributed by atoms with E-state index in [-0.39, 0.29) is 5.76 Å². The van der Waals surface area contributed by atoms with Crippen LogP contribution in [0, 0.1) is 0 Å². The molecule has 7 nitrogen and oxygen atoms in total. The van der Waals surface area contributed by atoms with Crippen molar-refractivity contribution in [3.63, 3.8) is 0 Å². The Morgan fingerprint density at radius 3 is 2.46 bits per heavy atom. The van der Waals surface area contributed by atoms with E-state index < -0.39 is 28.9 Å². The first-order valence-electron chi connectivity index (χ1n) is 8.14. The van der Waals surface area contributed by atoms with Crippen LogP contribution in [0.1, 0.15) is 36.9 Å². The summed E-state index contributed by atoms with van der Waals surface area (Å²) >= 11 is 0. The predicted octanol–water partition coefficient (Wildman–Crippen LogP) is 2.22. The Bertz CT molecular complexity index is 866. The number of amides is 2. The van der Waals surface area contributed by atoms with E-state index in [0.717, 1.165) is 0 Å². The Morgan fingerprint density at radius 2 is 1.85 bits per heavy atom. The van der Waals surface area contributed by atoms with E-state index in [1.54, 1.807) is 45.0 Å². The number of ether oxygens (including phenoxy) is 1. The number of nitrogens with one attached hydrogen (secondary N) is 1. The number of anilines is 1. The fourth-order valence-electron chi connectivity index (χ4n) is 2.90. The summed E-state index contributed by atoms with van der Waals surface area (Å²) in [5.74, 6) is -2.32. The van der Waals surface area contributed by atoms with Crippen LogP contribution in [0.15, 0.2) is 47.1 Å². The van der Waals surface area contributed by atoms with Gasteiger partial charge in [0.1, 0.15) is 0 Å². The minimum atomic E-state index is -2.11. The summed E-state index contributed by atoms with van der Waals surface area (Å²) in [6, 6.07) is 9.66. The summed E-state index contributed by atoms with van der Waals surface area (Å²) in [4.78, 5) is 40.1. The SMILES string of the molecule is CN1C(=O)C(OC(=O)c2ccco2)(C(=O)NC(C)(C)C)c2ccccc21. The zero-order valence-electron chi connectivity index (χ0n) is 15.0. The topological polar surface area (TPSA) is 88.8 Å². The molecule has 1 aliphatic rings. The van der Waals surface area contributed by atoms with Gasteiger partial charge in [-0.2, -0.15) is 0 Å². The molecule has 3 rings (SSSR count). The van der Waals surface area contributed by atoms with Crippen molar-refractivity contribution >= 4 is 23.5 Å². The maximum atomic E-state index is 13.1. The Balaban J connectivity index is 2.13. The van der Waals surface area contributed by atoms with Crippen LogP contribution in [0.2, 0.25) is 0 Å². The van der Waals surface area contributed by atoms with Gasteiger partial charge in [-0.05, 0) is 39.0 Å².